The SMILES string of the molecule is CN1Cc2ccc(COCC(C)(C)O)cc2C1=O. The lowest BCUT2D eigenvalue weighted by Crippen LogP contribution is -2.25. The smallest absolute Gasteiger partial charge is 0.254 e. The second-order valence-corrected chi connectivity index (χ2v) is 5.46. The largest absolute Gasteiger partial charge is 0.388 e. The molecule has 0 saturated heterocycles. The Morgan fingerprint density at radius 1 is 1.44 bits per heavy atom. The van der Waals surface area contributed by atoms with Gasteiger partial charge in [0, 0.05) is 19.2 Å². The Hall–Kier alpha value is -1.39. The van der Waals surface area contributed by atoms with Gasteiger partial charge in [0.2, 0.25) is 0 Å². The van der Waals surface area contributed by atoms with Gasteiger partial charge in [-0.1, -0.05) is 12.1 Å². The number of hydrogen-bond donors (Lipinski definition) is 1. The van der Waals surface area contributed by atoms with E-state index in [1.807, 2.05) is 18.2 Å². The first kappa shape index (κ1) is 13.1. The summed E-state index contributed by atoms with van der Waals surface area (Å²) in [5.41, 5.74) is 1.96. The third kappa shape index (κ3) is 2.89. The zero-order valence-corrected chi connectivity index (χ0v) is 11.1. The molecule has 0 aromatic heterocycles. The summed E-state index contributed by atoms with van der Waals surface area (Å²) in [6, 6.07) is 5.82. The van der Waals surface area contributed by atoms with Crippen LogP contribution in [0.5, 0.6) is 0 Å². The van der Waals surface area contributed by atoms with Crippen molar-refractivity contribution in [3.8, 4) is 0 Å². The Balaban J connectivity index is 2.02. The van der Waals surface area contributed by atoms with Crippen LogP contribution in [0, 0.1) is 0 Å². The van der Waals surface area contributed by atoms with Gasteiger partial charge in [-0.15, -0.1) is 0 Å². The molecule has 1 heterocycles. The number of nitrogens with zero attached hydrogens (tertiary/aromatic N) is 1. The molecule has 98 valence electrons. The van der Waals surface area contributed by atoms with Gasteiger partial charge in [-0.05, 0) is 31.0 Å². The summed E-state index contributed by atoms with van der Waals surface area (Å²) in [5, 5.41) is 9.54. The van der Waals surface area contributed by atoms with Crippen LogP contribution in [0.4, 0.5) is 0 Å². The minimum absolute atomic E-state index is 0.0642. The summed E-state index contributed by atoms with van der Waals surface area (Å²) in [6.07, 6.45) is 0. The number of benzene rings is 1. The van der Waals surface area contributed by atoms with Gasteiger partial charge >= 0.3 is 0 Å². The third-order valence-corrected chi connectivity index (χ3v) is 2.88. The van der Waals surface area contributed by atoms with Crippen molar-refractivity contribution in [3.63, 3.8) is 0 Å². The van der Waals surface area contributed by atoms with Gasteiger partial charge in [0.15, 0.2) is 0 Å². The molecule has 1 aromatic rings. The average molecular weight is 249 g/mol. The molecular weight excluding hydrogens is 230 g/mol. The van der Waals surface area contributed by atoms with Crippen LogP contribution in [0.1, 0.15) is 35.3 Å². The van der Waals surface area contributed by atoms with Crippen molar-refractivity contribution < 1.29 is 14.6 Å². The van der Waals surface area contributed by atoms with Gasteiger partial charge < -0.3 is 14.7 Å². The van der Waals surface area contributed by atoms with Crippen LogP contribution in [0.2, 0.25) is 0 Å². The molecule has 0 saturated carbocycles. The lowest BCUT2D eigenvalue weighted by molar-refractivity contribution is -0.0269. The summed E-state index contributed by atoms with van der Waals surface area (Å²) >= 11 is 0. The van der Waals surface area contributed by atoms with E-state index in [4.69, 9.17) is 4.74 Å². The second kappa shape index (κ2) is 4.71. The molecule has 18 heavy (non-hydrogen) atoms. The number of hydrogen-bond acceptors (Lipinski definition) is 3. The van der Waals surface area contributed by atoms with Crippen molar-refractivity contribution in [1.29, 1.82) is 0 Å². The number of rotatable bonds is 4. The zero-order chi connectivity index (χ0) is 13.3. The standard InChI is InChI=1S/C14H19NO3/c1-14(2,17)9-18-8-10-4-5-11-7-15(3)13(16)12(11)6-10/h4-6,17H,7-9H2,1-3H3. The molecular formula is C14H19NO3. The van der Waals surface area contributed by atoms with Gasteiger partial charge in [0.25, 0.3) is 5.91 Å². The van der Waals surface area contributed by atoms with E-state index in [1.165, 1.54) is 0 Å². The molecule has 1 N–H and O–H groups in total. The van der Waals surface area contributed by atoms with Crippen LogP contribution >= 0.6 is 0 Å². The van der Waals surface area contributed by atoms with Crippen molar-refractivity contribution >= 4 is 5.91 Å². The highest BCUT2D eigenvalue weighted by atomic mass is 16.5. The van der Waals surface area contributed by atoms with Crippen LogP contribution < -0.4 is 0 Å². The first-order valence-electron chi connectivity index (χ1n) is 6.04. The highest BCUT2D eigenvalue weighted by Crippen LogP contribution is 2.22. The van der Waals surface area contributed by atoms with Crippen molar-refractivity contribution in [2.24, 2.45) is 0 Å². The summed E-state index contributed by atoms with van der Waals surface area (Å²) in [7, 11) is 1.80. The van der Waals surface area contributed by atoms with Crippen LogP contribution in [-0.4, -0.2) is 35.2 Å². The summed E-state index contributed by atoms with van der Waals surface area (Å²) in [6.45, 7) is 4.77. The number of carbonyl (C=O) groups excluding carboxylic acids is 1. The minimum atomic E-state index is -0.827. The molecule has 4 heteroatoms. The molecule has 0 aliphatic carbocycles. The lowest BCUT2D eigenvalue weighted by atomic mass is 10.1. The fourth-order valence-corrected chi connectivity index (χ4v) is 2.00. The normalized spacial score (nSPS) is 15.1. The van der Waals surface area contributed by atoms with Gasteiger partial charge in [0.05, 0.1) is 18.8 Å². The zero-order valence-electron chi connectivity index (χ0n) is 11.1. The van der Waals surface area contributed by atoms with Crippen LogP contribution in [0.25, 0.3) is 0 Å². The predicted octanol–water partition coefficient (Wildman–Crippen LogP) is 1.56. The first-order valence-corrected chi connectivity index (χ1v) is 6.04. The van der Waals surface area contributed by atoms with Gasteiger partial charge in [-0.25, -0.2) is 0 Å². The molecule has 1 amide bonds. The number of carbonyl (C=O) groups is 1. The molecule has 0 atom stereocenters. The fraction of sp³-hybridized carbons (Fsp3) is 0.500. The maximum absolute atomic E-state index is 11.8. The Morgan fingerprint density at radius 3 is 2.83 bits per heavy atom. The lowest BCUT2D eigenvalue weighted by Gasteiger charge is -2.17. The van der Waals surface area contributed by atoms with E-state index in [2.05, 4.69) is 0 Å². The number of fused-ring (bicyclic) bond motifs is 1. The summed E-state index contributed by atoms with van der Waals surface area (Å²) in [4.78, 5) is 13.5. The van der Waals surface area contributed by atoms with Crippen LogP contribution in [-0.2, 0) is 17.9 Å². The van der Waals surface area contributed by atoms with Crippen molar-refractivity contribution in [2.75, 3.05) is 13.7 Å². The minimum Gasteiger partial charge on any atom is -0.388 e. The number of ether oxygens (including phenoxy) is 1. The maximum Gasteiger partial charge on any atom is 0.254 e. The molecule has 0 radical (unpaired) electrons. The Labute approximate surface area is 107 Å². The van der Waals surface area contributed by atoms with Gasteiger partial charge in [-0.2, -0.15) is 0 Å². The molecule has 0 fully saturated rings. The Morgan fingerprint density at radius 2 is 2.17 bits per heavy atom. The Kier molecular flexibility index (Phi) is 3.41. The Bertz CT molecular complexity index is 463. The molecule has 0 bridgehead atoms. The first-order chi connectivity index (χ1) is 8.37. The highest BCUT2D eigenvalue weighted by molar-refractivity contribution is 5.98. The average Bonchev–Trinajstić information content (AvgIpc) is 2.54. The van der Waals surface area contributed by atoms with Gasteiger partial charge in [0.1, 0.15) is 0 Å². The van der Waals surface area contributed by atoms with Crippen LogP contribution in [0.3, 0.4) is 0 Å². The van der Waals surface area contributed by atoms with Crippen molar-refractivity contribution in [1.82, 2.24) is 4.90 Å². The number of amides is 1. The molecule has 4 nitrogen and oxygen atoms in total. The van der Waals surface area contributed by atoms with E-state index in [-0.39, 0.29) is 12.5 Å². The van der Waals surface area contributed by atoms with E-state index in [9.17, 15) is 9.90 Å². The molecule has 1 aliphatic rings. The molecule has 1 aromatic carbocycles. The molecule has 1 aliphatic heterocycles. The van der Waals surface area contributed by atoms with E-state index < -0.39 is 5.60 Å². The summed E-state index contributed by atoms with van der Waals surface area (Å²) in [5.74, 6) is 0.0642. The molecule has 2 rings (SSSR count). The number of aliphatic hydroxyl groups is 1. The predicted molar refractivity (Wildman–Crippen MR) is 68.2 cm³/mol. The monoisotopic (exact) mass is 249 g/mol. The van der Waals surface area contributed by atoms with Crippen LogP contribution in [0.15, 0.2) is 18.2 Å². The quantitative estimate of drug-likeness (QED) is 0.881. The maximum atomic E-state index is 11.8. The second-order valence-electron chi connectivity index (χ2n) is 5.46. The highest BCUT2D eigenvalue weighted by Gasteiger charge is 2.24. The van der Waals surface area contributed by atoms with Crippen molar-refractivity contribution in [3.05, 3.63) is 34.9 Å². The van der Waals surface area contributed by atoms with E-state index in [1.54, 1.807) is 25.8 Å². The van der Waals surface area contributed by atoms with Gasteiger partial charge in [-0.3, -0.25) is 4.79 Å². The van der Waals surface area contributed by atoms with E-state index >= 15 is 0 Å². The fourth-order valence-electron chi connectivity index (χ4n) is 2.00. The van der Waals surface area contributed by atoms with E-state index in [0.717, 1.165) is 16.7 Å². The third-order valence-electron chi connectivity index (χ3n) is 2.88. The van der Waals surface area contributed by atoms with E-state index in [0.29, 0.717) is 13.2 Å². The summed E-state index contributed by atoms with van der Waals surface area (Å²) < 4.78 is 5.43. The topological polar surface area (TPSA) is 49.8 Å². The van der Waals surface area contributed by atoms with Crippen molar-refractivity contribution in [2.45, 2.75) is 32.6 Å². The molecule has 0 unspecified atom stereocenters. The molecule has 0 spiro atoms.